The van der Waals surface area contributed by atoms with Gasteiger partial charge in [0.05, 0.1) is 5.02 Å². The third kappa shape index (κ3) is 3.35. The summed E-state index contributed by atoms with van der Waals surface area (Å²) in [5.74, 6) is 0.961. The van der Waals surface area contributed by atoms with Crippen molar-refractivity contribution in [3.05, 3.63) is 52.1 Å². The molecule has 0 aliphatic rings. The van der Waals surface area contributed by atoms with E-state index < -0.39 is 0 Å². The summed E-state index contributed by atoms with van der Waals surface area (Å²) in [4.78, 5) is 4.18. The smallest absolute Gasteiger partial charge is 0.219 e. The van der Waals surface area contributed by atoms with Gasteiger partial charge < -0.3 is 10.5 Å². The topological polar surface area (TPSA) is 48.1 Å². The molecule has 3 nitrogen and oxygen atoms in total. The summed E-state index contributed by atoms with van der Waals surface area (Å²) in [5.41, 5.74) is 6.54. The van der Waals surface area contributed by atoms with Gasteiger partial charge in [-0.15, -0.1) is 0 Å². The van der Waals surface area contributed by atoms with Crippen LogP contribution in [0.5, 0.6) is 11.6 Å². The molecule has 0 spiro atoms. The fraction of sp³-hybridized carbons (Fsp3) is 0.154. The van der Waals surface area contributed by atoms with Crippen LogP contribution in [0.1, 0.15) is 5.56 Å². The van der Waals surface area contributed by atoms with E-state index in [1.165, 1.54) is 0 Å². The third-order valence-corrected chi connectivity index (χ3v) is 2.89. The van der Waals surface area contributed by atoms with E-state index in [4.69, 9.17) is 33.7 Å². The Morgan fingerprint density at radius 2 is 2.00 bits per heavy atom. The zero-order chi connectivity index (χ0) is 13.0. The predicted molar refractivity (Wildman–Crippen MR) is 73.5 cm³/mol. The van der Waals surface area contributed by atoms with Gasteiger partial charge in [-0.1, -0.05) is 29.3 Å². The molecule has 1 heterocycles. The van der Waals surface area contributed by atoms with Crippen molar-refractivity contribution in [3.8, 4) is 11.6 Å². The van der Waals surface area contributed by atoms with Crippen molar-refractivity contribution in [2.24, 2.45) is 5.73 Å². The fourth-order valence-electron chi connectivity index (χ4n) is 1.45. The lowest BCUT2D eigenvalue weighted by atomic mass is 10.2. The van der Waals surface area contributed by atoms with Crippen LogP contribution in [0.4, 0.5) is 0 Å². The molecule has 0 bridgehead atoms. The lowest BCUT2D eigenvalue weighted by molar-refractivity contribution is 0.463. The van der Waals surface area contributed by atoms with Crippen LogP contribution in [0.25, 0.3) is 0 Å². The number of ether oxygens (including phenoxy) is 1. The van der Waals surface area contributed by atoms with Crippen molar-refractivity contribution < 1.29 is 4.74 Å². The standard InChI is InChI=1S/C13H12Cl2N2O/c14-10-2-3-11(15)12(7-10)18-13-4-1-9(5-6-16)8-17-13/h1-4,7-8H,5-6,16H2. The molecular weight excluding hydrogens is 271 g/mol. The molecule has 94 valence electrons. The maximum atomic E-state index is 6.00. The zero-order valence-electron chi connectivity index (χ0n) is 9.57. The Hall–Kier alpha value is -1.29. The number of nitrogens with two attached hydrogens (primary N) is 1. The van der Waals surface area contributed by atoms with E-state index in [1.807, 2.05) is 6.07 Å². The molecule has 18 heavy (non-hydrogen) atoms. The van der Waals surface area contributed by atoms with Gasteiger partial charge in [0.15, 0.2) is 0 Å². The fourth-order valence-corrected chi connectivity index (χ4v) is 1.77. The van der Waals surface area contributed by atoms with Gasteiger partial charge in [-0.3, -0.25) is 0 Å². The summed E-state index contributed by atoms with van der Waals surface area (Å²) in [6.45, 7) is 0.599. The van der Waals surface area contributed by atoms with Gasteiger partial charge in [0.1, 0.15) is 5.75 Å². The molecular formula is C13H12Cl2N2O. The second-order valence-corrected chi connectivity index (χ2v) is 4.56. The summed E-state index contributed by atoms with van der Waals surface area (Å²) in [6, 6.07) is 8.74. The maximum Gasteiger partial charge on any atom is 0.219 e. The van der Waals surface area contributed by atoms with Gasteiger partial charge >= 0.3 is 0 Å². The maximum absolute atomic E-state index is 6.00. The van der Waals surface area contributed by atoms with Crippen LogP contribution in [0.3, 0.4) is 0 Å². The van der Waals surface area contributed by atoms with Crippen molar-refractivity contribution in [1.82, 2.24) is 4.98 Å². The van der Waals surface area contributed by atoms with Crippen LogP contribution in [0.15, 0.2) is 36.5 Å². The molecule has 0 fully saturated rings. The first-order valence-electron chi connectivity index (χ1n) is 5.47. The first-order valence-corrected chi connectivity index (χ1v) is 6.22. The Morgan fingerprint density at radius 1 is 1.17 bits per heavy atom. The van der Waals surface area contributed by atoms with Gasteiger partial charge in [0.2, 0.25) is 5.88 Å². The highest BCUT2D eigenvalue weighted by Gasteiger charge is 2.05. The molecule has 0 unspecified atom stereocenters. The Kier molecular flexibility index (Phi) is 4.42. The first kappa shape index (κ1) is 13.1. The molecule has 2 rings (SSSR count). The molecule has 0 saturated heterocycles. The number of pyridine rings is 1. The number of hydrogen-bond donors (Lipinski definition) is 1. The van der Waals surface area contributed by atoms with Crippen LogP contribution in [0.2, 0.25) is 10.0 Å². The first-order chi connectivity index (χ1) is 8.69. The monoisotopic (exact) mass is 282 g/mol. The van der Waals surface area contributed by atoms with Crippen molar-refractivity contribution in [2.75, 3.05) is 6.54 Å². The molecule has 1 aromatic heterocycles. The van der Waals surface area contributed by atoms with E-state index >= 15 is 0 Å². The molecule has 2 aromatic rings. The van der Waals surface area contributed by atoms with Gasteiger partial charge in [-0.25, -0.2) is 4.98 Å². The number of aromatic nitrogens is 1. The largest absolute Gasteiger partial charge is 0.437 e. The van der Waals surface area contributed by atoms with E-state index in [1.54, 1.807) is 30.5 Å². The molecule has 0 radical (unpaired) electrons. The predicted octanol–water partition coefficient (Wildman–Crippen LogP) is 3.68. The summed E-state index contributed by atoms with van der Waals surface area (Å²) >= 11 is 11.9. The molecule has 5 heteroatoms. The van der Waals surface area contributed by atoms with E-state index in [2.05, 4.69) is 4.98 Å². The van der Waals surface area contributed by atoms with E-state index in [9.17, 15) is 0 Å². The van der Waals surface area contributed by atoms with E-state index in [0.717, 1.165) is 12.0 Å². The van der Waals surface area contributed by atoms with E-state index in [0.29, 0.717) is 28.2 Å². The average Bonchev–Trinajstić information content (AvgIpc) is 2.37. The molecule has 2 N–H and O–H groups in total. The normalized spacial score (nSPS) is 10.4. The van der Waals surface area contributed by atoms with Gasteiger partial charge in [-0.2, -0.15) is 0 Å². The molecule has 0 aliphatic heterocycles. The molecule has 0 amide bonds. The second kappa shape index (κ2) is 6.05. The lowest BCUT2D eigenvalue weighted by Crippen LogP contribution is -2.02. The van der Waals surface area contributed by atoms with E-state index in [-0.39, 0.29) is 0 Å². The van der Waals surface area contributed by atoms with Crippen molar-refractivity contribution >= 4 is 23.2 Å². The Balaban J connectivity index is 2.15. The highest BCUT2D eigenvalue weighted by molar-refractivity contribution is 6.34. The van der Waals surface area contributed by atoms with Gasteiger partial charge in [0.25, 0.3) is 0 Å². The molecule has 0 saturated carbocycles. The third-order valence-electron chi connectivity index (χ3n) is 2.34. The van der Waals surface area contributed by atoms with Crippen LogP contribution in [-0.4, -0.2) is 11.5 Å². The van der Waals surface area contributed by atoms with Crippen LogP contribution < -0.4 is 10.5 Å². The Morgan fingerprint density at radius 3 is 2.67 bits per heavy atom. The van der Waals surface area contributed by atoms with Crippen LogP contribution in [-0.2, 0) is 6.42 Å². The Labute approximate surface area is 115 Å². The SMILES string of the molecule is NCCc1ccc(Oc2cc(Cl)ccc2Cl)nc1. The van der Waals surface area contributed by atoms with Crippen molar-refractivity contribution in [1.29, 1.82) is 0 Å². The minimum absolute atomic E-state index is 0.472. The Bertz CT molecular complexity index is 529. The quantitative estimate of drug-likeness (QED) is 0.931. The lowest BCUT2D eigenvalue weighted by Gasteiger charge is -2.07. The second-order valence-electron chi connectivity index (χ2n) is 3.72. The molecule has 1 aromatic carbocycles. The molecule has 0 atom stereocenters. The number of nitrogens with zero attached hydrogens (tertiary/aromatic N) is 1. The van der Waals surface area contributed by atoms with Gasteiger partial charge in [-0.05, 0) is 30.7 Å². The van der Waals surface area contributed by atoms with Crippen LogP contribution >= 0.6 is 23.2 Å². The number of rotatable bonds is 4. The number of hydrogen-bond acceptors (Lipinski definition) is 3. The minimum atomic E-state index is 0.472. The summed E-state index contributed by atoms with van der Waals surface area (Å²) in [5, 5.41) is 1.06. The molecule has 0 aliphatic carbocycles. The average molecular weight is 283 g/mol. The highest BCUT2D eigenvalue weighted by atomic mass is 35.5. The van der Waals surface area contributed by atoms with Crippen molar-refractivity contribution in [3.63, 3.8) is 0 Å². The number of halogens is 2. The van der Waals surface area contributed by atoms with Crippen molar-refractivity contribution in [2.45, 2.75) is 6.42 Å². The highest BCUT2D eigenvalue weighted by Crippen LogP contribution is 2.30. The minimum Gasteiger partial charge on any atom is -0.437 e. The zero-order valence-corrected chi connectivity index (χ0v) is 11.1. The summed E-state index contributed by atoms with van der Waals surface area (Å²) < 4.78 is 5.56. The summed E-state index contributed by atoms with van der Waals surface area (Å²) in [7, 11) is 0. The van der Waals surface area contributed by atoms with Gasteiger partial charge in [0, 0.05) is 23.4 Å². The number of benzene rings is 1. The van der Waals surface area contributed by atoms with Crippen LogP contribution in [0, 0.1) is 0 Å². The summed E-state index contributed by atoms with van der Waals surface area (Å²) in [6.07, 6.45) is 2.53.